The zero-order chi connectivity index (χ0) is 24.4. The molecule has 1 aliphatic carbocycles. The van der Waals surface area contributed by atoms with Gasteiger partial charge >= 0.3 is 6.09 Å². The second kappa shape index (κ2) is 10.2. The van der Waals surface area contributed by atoms with Gasteiger partial charge in [-0.3, -0.25) is 9.69 Å². The smallest absolute Gasteiger partial charge is 0.410 e. The van der Waals surface area contributed by atoms with Crippen LogP contribution in [0.25, 0.3) is 11.0 Å². The van der Waals surface area contributed by atoms with Crippen molar-refractivity contribution in [3.8, 4) is 0 Å². The van der Waals surface area contributed by atoms with Crippen molar-refractivity contribution < 1.29 is 9.53 Å². The van der Waals surface area contributed by atoms with Gasteiger partial charge in [0.1, 0.15) is 12.3 Å². The zero-order valence-electron chi connectivity index (χ0n) is 20.8. The number of aromatic amines is 1. The Morgan fingerprint density at radius 2 is 1.91 bits per heavy atom. The van der Waals surface area contributed by atoms with E-state index in [0.717, 1.165) is 84.9 Å². The summed E-state index contributed by atoms with van der Waals surface area (Å²) in [5.41, 5.74) is 4.72. The number of aromatic nitrogens is 3. The maximum Gasteiger partial charge on any atom is 0.410 e. The number of fused-ring (bicyclic) bond motifs is 3. The van der Waals surface area contributed by atoms with Crippen LogP contribution >= 0.6 is 0 Å². The zero-order valence-corrected chi connectivity index (χ0v) is 20.8. The van der Waals surface area contributed by atoms with Crippen LogP contribution in [-0.4, -0.2) is 57.8 Å². The third-order valence-corrected chi connectivity index (χ3v) is 7.24. The monoisotopic (exact) mass is 477 g/mol. The number of hydrogen-bond acceptors (Lipinski definition) is 5. The molecule has 2 aliphatic rings. The van der Waals surface area contributed by atoms with E-state index in [1.54, 1.807) is 0 Å². The molecular weight excluding hydrogens is 442 g/mol. The van der Waals surface area contributed by atoms with E-state index >= 15 is 0 Å². The van der Waals surface area contributed by atoms with E-state index in [1.807, 2.05) is 39.9 Å². The van der Waals surface area contributed by atoms with Crippen LogP contribution in [0.15, 0.2) is 35.1 Å². The molecule has 0 unspecified atom stereocenters. The molecule has 2 aromatic heterocycles. The molecule has 0 bridgehead atoms. The van der Waals surface area contributed by atoms with Crippen LogP contribution in [0.1, 0.15) is 60.5 Å². The van der Waals surface area contributed by atoms with Gasteiger partial charge in [-0.1, -0.05) is 30.3 Å². The summed E-state index contributed by atoms with van der Waals surface area (Å²) in [6, 6.07) is 9.61. The first-order valence-corrected chi connectivity index (χ1v) is 12.8. The second-order valence-electron chi connectivity index (χ2n) is 10.00. The second-order valence-corrected chi connectivity index (χ2v) is 10.00. The Hall–Kier alpha value is -3.13. The van der Waals surface area contributed by atoms with Crippen LogP contribution in [0.5, 0.6) is 0 Å². The lowest BCUT2D eigenvalue weighted by Crippen LogP contribution is -2.31. The van der Waals surface area contributed by atoms with E-state index in [1.165, 1.54) is 0 Å². The molecule has 1 aromatic carbocycles. The maximum absolute atomic E-state index is 13.1. The van der Waals surface area contributed by atoms with Crippen LogP contribution in [0.4, 0.5) is 4.79 Å². The number of ether oxygens (including phenoxy) is 1. The quantitative estimate of drug-likeness (QED) is 0.556. The molecule has 0 radical (unpaired) electrons. The van der Waals surface area contributed by atoms with Gasteiger partial charge < -0.3 is 14.6 Å². The number of rotatable bonds is 7. The summed E-state index contributed by atoms with van der Waals surface area (Å²) >= 11 is 0. The van der Waals surface area contributed by atoms with Crippen LogP contribution < -0.4 is 5.56 Å². The van der Waals surface area contributed by atoms with Crippen molar-refractivity contribution in [1.29, 1.82) is 0 Å². The van der Waals surface area contributed by atoms with Crippen molar-refractivity contribution in [3.63, 3.8) is 0 Å². The molecule has 186 valence electrons. The van der Waals surface area contributed by atoms with Gasteiger partial charge in [0.25, 0.3) is 5.56 Å². The average Bonchev–Trinajstić information content (AvgIpc) is 3.48. The third-order valence-electron chi connectivity index (χ3n) is 7.24. The van der Waals surface area contributed by atoms with Gasteiger partial charge in [0, 0.05) is 24.0 Å². The fourth-order valence-electron chi connectivity index (χ4n) is 5.52. The summed E-state index contributed by atoms with van der Waals surface area (Å²) in [5, 5.41) is 6.10. The highest BCUT2D eigenvalue weighted by molar-refractivity contribution is 5.85. The molecule has 0 saturated carbocycles. The average molecular weight is 478 g/mol. The minimum Gasteiger partial charge on any atom is -0.445 e. The van der Waals surface area contributed by atoms with E-state index in [2.05, 4.69) is 24.0 Å². The molecule has 1 amide bonds. The lowest BCUT2D eigenvalue weighted by Gasteiger charge is -2.24. The first kappa shape index (κ1) is 23.6. The summed E-state index contributed by atoms with van der Waals surface area (Å²) in [7, 11) is 4.12. The number of H-pyrrole nitrogens is 1. The normalized spacial score (nSPS) is 17.8. The highest BCUT2D eigenvalue weighted by atomic mass is 16.6. The highest BCUT2D eigenvalue weighted by Gasteiger charge is 2.36. The first-order chi connectivity index (χ1) is 17.0. The number of benzene rings is 1. The lowest BCUT2D eigenvalue weighted by molar-refractivity contribution is 0.0915. The highest BCUT2D eigenvalue weighted by Crippen LogP contribution is 2.38. The fraction of sp³-hybridized carbons (Fsp3) is 0.519. The number of pyridine rings is 1. The minimum atomic E-state index is -0.301. The Bertz CT molecular complexity index is 1250. The summed E-state index contributed by atoms with van der Waals surface area (Å²) in [4.78, 5) is 33.2. The van der Waals surface area contributed by atoms with E-state index in [0.29, 0.717) is 13.1 Å². The number of amides is 1. The molecule has 1 aliphatic heterocycles. The van der Waals surface area contributed by atoms with E-state index in [4.69, 9.17) is 9.84 Å². The summed E-state index contributed by atoms with van der Waals surface area (Å²) < 4.78 is 7.65. The van der Waals surface area contributed by atoms with E-state index in [9.17, 15) is 9.59 Å². The molecular formula is C27H35N5O3. The maximum atomic E-state index is 13.1. The summed E-state index contributed by atoms with van der Waals surface area (Å²) in [6.45, 7) is 2.56. The predicted molar refractivity (Wildman–Crippen MR) is 135 cm³/mol. The van der Waals surface area contributed by atoms with Gasteiger partial charge in [-0.15, -0.1) is 0 Å². The Kier molecular flexibility index (Phi) is 6.90. The van der Waals surface area contributed by atoms with Crippen molar-refractivity contribution >= 4 is 17.1 Å². The molecule has 8 heteroatoms. The Morgan fingerprint density at radius 3 is 2.69 bits per heavy atom. The number of nitrogens with one attached hydrogen (secondary N) is 1. The summed E-state index contributed by atoms with van der Waals surface area (Å²) in [6.07, 6.45) is 6.18. The molecule has 1 N–H and O–H groups in total. The molecule has 1 atom stereocenters. The molecule has 1 saturated heterocycles. The number of likely N-dealkylation sites (tertiary alicyclic amines) is 1. The number of carbonyl (C=O) groups is 1. The molecule has 8 nitrogen and oxygen atoms in total. The van der Waals surface area contributed by atoms with E-state index in [-0.39, 0.29) is 24.3 Å². The number of carbonyl (C=O) groups excluding carboxylic acids is 1. The Morgan fingerprint density at radius 1 is 1.14 bits per heavy atom. The van der Waals surface area contributed by atoms with Crippen LogP contribution in [0.3, 0.4) is 0 Å². The molecule has 5 rings (SSSR count). The Labute approximate surface area is 205 Å². The van der Waals surface area contributed by atoms with Gasteiger partial charge in [0.2, 0.25) is 0 Å². The summed E-state index contributed by atoms with van der Waals surface area (Å²) in [5.74, 6) is 0. The van der Waals surface area contributed by atoms with Crippen LogP contribution in [-0.2, 0) is 30.7 Å². The van der Waals surface area contributed by atoms with Crippen molar-refractivity contribution in [2.75, 3.05) is 27.2 Å². The third kappa shape index (κ3) is 4.85. The largest absolute Gasteiger partial charge is 0.445 e. The van der Waals surface area contributed by atoms with E-state index < -0.39 is 0 Å². The fourth-order valence-corrected chi connectivity index (χ4v) is 5.52. The van der Waals surface area contributed by atoms with Gasteiger partial charge in [0.15, 0.2) is 0 Å². The van der Waals surface area contributed by atoms with Crippen molar-refractivity contribution in [3.05, 3.63) is 63.1 Å². The predicted octanol–water partition coefficient (Wildman–Crippen LogP) is 4.03. The molecule has 3 heterocycles. The van der Waals surface area contributed by atoms with Crippen LogP contribution in [0, 0.1) is 0 Å². The van der Waals surface area contributed by atoms with Crippen molar-refractivity contribution in [2.45, 2.75) is 64.1 Å². The molecule has 0 spiro atoms. The topological polar surface area (TPSA) is 83.5 Å². The number of aryl methyl sites for hydroxylation is 2. The minimum absolute atomic E-state index is 0.0121. The molecule has 35 heavy (non-hydrogen) atoms. The standard InChI is InChI=1S/C27H35N5O3/c1-30(2)15-9-17-32-25-23(20-12-6-7-13-21(20)26(33)28-25)24(29-32)22-14-8-16-31(22)27(34)35-18-19-10-4-3-5-11-19/h3-5,10-11,22H,6-9,12-18H2,1-2H3,(H,28,33)/t22-/m1/s1. The van der Waals surface area contributed by atoms with Gasteiger partial charge in [-0.05, 0) is 76.7 Å². The van der Waals surface area contributed by atoms with Gasteiger partial charge in [-0.25, -0.2) is 9.48 Å². The molecule has 1 fully saturated rings. The number of hydrogen-bond donors (Lipinski definition) is 1. The van der Waals surface area contributed by atoms with Crippen molar-refractivity contribution in [2.24, 2.45) is 0 Å². The lowest BCUT2D eigenvalue weighted by atomic mass is 9.89. The van der Waals surface area contributed by atoms with Gasteiger partial charge in [-0.2, -0.15) is 5.10 Å². The van der Waals surface area contributed by atoms with Gasteiger partial charge in [0.05, 0.1) is 11.7 Å². The number of nitrogens with zero attached hydrogens (tertiary/aromatic N) is 4. The van der Waals surface area contributed by atoms with Crippen LogP contribution in [0.2, 0.25) is 0 Å². The first-order valence-electron chi connectivity index (χ1n) is 12.8. The SMILES string of the molecule is CN(C)CCCn1nc([C@H]2CCCN2C(=O)OCc2ccccc2)c2c3c(c(=O)[nH]c21)CCCC3. The Balaban J connectivity index is 1.49. The molecule has 3 aromatic rings. The van der Waals surface area contributed by atoms with Crippen molar-refractivity contribution in [1.82, 2.24) is 24.6 Å².